The van der Waals surface area contributed by atoms with E-state index in [1.807, 2.05) is 19.2 Å². The summed E-state index contributed by atoms with van der Waals surface area (Å²) >= 11 is 0. The molecule has 0 saturated carbocycles. The van der Waals surface area contributed by atoms with Gasteiger partial charge in [0.15, 0.2) is 0 Å². The highest BCUT2D eigenvalue weighted by molar-refractivity contribution is 5.85. The van der Waals surface area contributed by atoms with E-state index in [4.69, 9.17) is 4.74 Å². The highest BCUT2D eigenvalue weighted by Crippen LogP contribution is 2.38. The van der Waals surface area contributed by atoms with E-state index >= 15 is 0 Å². The second kappa shape index (κ2) is 10.1. The minimum atomic E-state index is -0.370. The largest absolute Gasteiger partial charge is 0.494 e. The zero-order valence-electron chi connectivity index (χ0n) is 20.9. The molecule has 0 bridgehead atoms. The monoisotopic (exact) mass is 478 g/mol. The molecule has 0 atom stereocenters. The van der Waals surface area contributed by atoms with Gasteiger partial charge in [0, 0.05) is 63.4 Å². The van der Waals surface area contributed by atoms with Crippen LogP contribution >= 0.6 is 0 Å². The van der Waals surface area contributed by atoms with Gasteiger partial charge in [0.2, 0.25) is 0 Å². The fourth-order valence-electron chi connectivity index (χ4n) is 3.90. The lowest BCUT2D eigenvalue weighted by Gasteiger charge is -2.25. The van der Waals surface area contributed by atoms with E-state index in [0.29, 0.717) is 22.8 Å². The number of likely N-dealkylation sites (N-methyl/N-ethyl adjacent to an activating group) is 2. The molecular weight excluding hydrogens is 447 g/mol. The van der Waals surface area contributed by atoms with Gasteiger partial charge in [0.05, 0.1) is 41.6 Å². The van der Waals surface area contributed by atoms with Crippen LogP contribution in [-0.4, -0.2) is 73.0 Å². The van der Waals surface area contributed by atoms with Crippen molar-refractivity contribution in [2.75, 3.05) is 63.9 Å². The van der Waals surface area contributed by atoms with Crippen molar-refractivity contribution >= 4 is 33.8 Å². The van der Waals surface area contributed by atoms with E-state index in [-0.39, 0.29) is 5.82 Å². The summed E-state index contributed by atoms with van der Waals surface area (Å²) in [5, 5.41) is 11.6. The van der Waals surface area contributed by atoms with Crippen LogP contribution in [0.2, 0.25) is 0 Å². The Morgan fingerprint density at radius 1 is 1.03 bits per heavy atom. The smallest absolute Gasteiger partial charge is 0.144 e. The number of nitrogens with zero attached hydrogens (tertiary/aromatic N) is 6. The van der Waals surface area contributed by atoms with Crippen molar-refractivity contribution in [1.82, 2.24) is 24.6 Å². The summed E-state index contributed by atoms with van der Waals surface area (Å²) in [6.45, 7) is 1.78. The minimum absolute atomic E-state index is 0.370. The van der Waals surface area contributed by atoms with Gasteiger partial charge in [0.1, 0.15) is 23.7 Å². The van der Waals surface area contributed by atoms with E-state index in [2.05, 4.69) is 56.6 Å². The predicted molar refractivity (Wildman–Crippen MR) is 139 cm³/mol. The van der Waals surface area contributed by atoms with Crippen LogP contribution in [0, 0.1) is 5.82 Å². The van der Waals surface area contributed by atoms with Crippen LogP contribution < -0.4 is 20.3 Å². The normalized spacial score (nSPS) is 11.2. The molecule has 0 saturated heterocycles. The maximum Gasteiger partial charge on any atom is 0.144 e. The van der Waals surface area contributed by atoms with Gasteiger partial charge in [-0.15, -0.1) is 0 Å². The van der Waals surface area contributed by atoms with Crippen LogP contribution in [0.4, 0.5) is 27.3 Å². The molecule has 2 aromatic heterocycles. The molecule has 184 valence electrons. The Balaban J connectivity index is 1.65. The number of methoxy groups -OCH3 is 1. The quantitative estimate of drug-likeness (QED) is 0.374. The molecule has 0 aliphatic carbocycles. The molecule has 4 rings (SSSR count). The Morgan fingerprint density at radius 3 is 2.54 bits per heavy atom. The summed E-state index contributed by atoms with van der Waals surface area (Å²) in [5.41, 5.74) is 4.27. The molecule has 4 aromatic rings. The molecule has 0 unspecified atom stereocenters. The molecule has 9 nitrogen and oxygen atoms in total. The van der Waals surface area contributed by atoms with Crippen LogP contribution in [0.1, 0.15) is 0 Å². The highest BCUT2D eigenvalue weighted by Gasteiger charge is 2.16. The molecular formula is C25H31FN8O. The zero-order chi connectivity index (χ0) is 25.1. The van der Waals surface area contributed by atoms with Crippen LogP contribution in [0.25, 0.3) is 22.2 Å². The van der Waals surface area contributed by atoms with Crippen molar-refractivity contribution in [2.45, 2.75) is 0 Å². The Bertz CT molecular complexity index is 1340. The van der Waals surface area contributed by atoms with Crippen molar-refractivity contribution in [2.24, 2.45) is 7.05 Å². The van der Waals surface area contributed by atoms with Crippen molar-refractivity contribution in [1.29, 1.82) is 0 Å². The third-order valence-corrected chi connectivity index (χ3v) is 5.92. The van der Waals surface area contributed by atoms with E-state index in [1.165, 1.54) is 12.4 Å². The fourth-order valence-corrected chi connectivity index (χ4v) is 3.90. The fraction of sp³-hybridized carbons (Fsp3) is 0.320. The summed E-state index contributed by atoms with van der Waals surface area (Å²) in [5.74, 6) is 0.819. The standard InChI is InChI=1S/C25H31FN8O/c1-27-20-11-21(24(35-6)13-23(20)33(4)8-7-32(2)3)31-25-12-19(28-15-29-25)17-9-16-14-30-34(5)22(16)10-18(17)26/h9-15,27H,7-8H2,1-6H3,(H,28,29,31). The Hall–Kier alpha value is -3.92. The average Bonchev–Trinajstić information content (AvgIpc) is 3.21. The van der Waals surface area contributed by atoms with Crippen LogP contribution in [0.15, 0.2) is 42.9 Å². The zero-order valence-corrected chi connectivity index (χ0v) is 20.9. The van der Waals surface area contributed by atoms with E-state index in [9.17, 15) is 4.39 Å². The van der Waals surface area contributed by atoms with Gasteiger partial charge < -0.3 is 25.2 Å². The Labute approximate surface area is 204 Å². The number of fused-ring (bicyclic) bond motifs is 1. The van der Waals surface area contributed by atoms with Crippen LogP contribution in [-0.2, 0) is 7.05 Å². The average molecular weight is 479 g/mol. The van der Waals surface area contributed by atoms with E-state index in [0.717, 1.165) is 41.1 Å². The first-order valence-electron chi connectivity index (χ1n) is 11.3. The highest BCUT2D eigenvalue weighted by atomic mass is 19.1. The number of anilines is 4. The lowest BCUT2D eigenvalue weighted by atomic mass is 10.1. The molecule has 2 aromatic carbocycles. The lowest BCUT2D eigenvalue weighted by molar-refractivity contribution is 0.413. The number of hydrogen-bond donors (Lipinski definition) is 2. The predicted octanol–water partition coefficient (Wildman–Crippen LogP) is 3.96. The number of aryl methyl sites for hydroxylation is 1. The maximum atomic E-state index is 14.9. The summed E-state index contributed by atoms with van der Waals surface area (Å²) in [7, 11) is 11.5. The second-order valence-corrected chi connectivity index (χ2v) is 8.62. The van der Waals surface area contributed by atoms with Gasteiger partial charge in [-0.2, -0.15) is 5.10 Å². The van der Waals surface area contributed by atoms with Gasteiger partial charge in [-0.25, -0.2) is 14.4 Å². The molecule has 0 radical (unpaired) electrons. The van der Waals surface area contributed by atoms with Crippen molar-refractivity contribution in [3.8, 4) is 17.0 Å². The number of rotatable bonds is 9. The molecule has 0 aliphatic heterocycles. The van der Waals surface area contributed by atoms with Crippen LogP contribution in [0.5, 0.6) is 5.75 Å². The number of benzene rings is 2. The molecule has 2 N–H and O–H groups in total. The topological polar surface area (TPSA) is 83.4 Å². The number of ether oxygens (including phenoxy) is 1. The van der Waals surface area contributed by atoms with Gasteiger partial charge >= 0.3 is 0 Å². The van der Waals surface area contributed by atoms with Crippen LogP contribution in [0.3, 0.4) is 0 Å². The first kappa shape index (κ1) is 24.2. The number of aromatic nitrogens is 4. The van der Waals surface area contributed by atoms with Gasteiger partial charge in [-0.1, -0.05) is 0 Å². The third kappa shape index (κ3) is 5.12. The van der Waals surface area contributed by atoms with Gasteiger partial charge in [-0.05, 0) is 26.2 Å². The lowest BCUT2D eigenvalue weighted by Crippen LogP contribution is -2.29. The molecule has 0 amide bonds. The van der Waals surface area contributed by atoms with Gasteiger partial charge in [0.25, 0.3) is 0 Å². The first-order valence-corrected chi connectivity index (χ1v) is 11.3. The third-order valence-electron chi connectivity index (χ3n) is 5.92. The van der Waals surface area contributed by atoms with E-state index in [1.54, 1.807) is 37.2 Å². The summed E-state index contributed by atoms with van der Waals surface area (Å²) in [6, 6.07) is 8.91. The Morgan fingerprint density at radius 2 is 1.83 bits per heavy atom. The maximum absolute atomic E-state index is 14.9. The first-order chi connectivity index (χ1) is 16.8. The second-order valence-electron chi connectivity index (χ2n) is 8.62. The number of hydrogen-bond acceptors (Lipinski definition) is 8. The Kier molecular flexibility index (Phi) is 7.02. The minimum Gasteiger partial charge on any atom is -0.494 e. The number of nitrogens with one attached hydrogen (secondary N) is 2. The summed E-state index contributed by atoms with van der Waals surface area (Å²) < 4.78 is 22.2. The van der Waals surface area contributed by atoms with Crippen molar-refractivity contribution in [3.63, 3.8) is 0 Å². The molecule has 2 heterocycles. The SMILES string of the molecule is CNc1cc(Nc2cc(-c3cc4cnn(C)c4cc3F)ncn2)c(OC)cc1N(C)CCN(C)C. The molecule has 10 heteroatoms. The molecule has 0 fully saturated rings. The van der Waals surface area contributed by atoms with E-state index < -0.39 is 0 Å². The molecule has 0 aliphatic rings. The summed E-state index contributed by atoms with van der Waals surface area (Å²) in [6.07, 6.45) is 3.12. The van der Waals surface area contributed by atoms with Gasteiger partial charge in [-0.3, -0.25) is 4.68 Å². The van der Waals surface area contributed by atoms with Crippen molar-refractivity contribution in [3.05, 3.63) is 48.7 Å². The molecule has 0 spiro atoms. The van der Waals surface area contributed by atoms with Crippen molar-refractivity contribution < 1.29 is 9.13 Å². The molecule has 35 heavy (non-hydrogen) atoms. The number of halogens is 1. The summed E-state index contributed by atoms with van der Waals surface area (Å²) in [4.78, 5) is 13.0.